The van der Waals surface area contributed by atoms with Gasteiger partial charge in [0.2, 0.25) is 0 Å². The van der Waals surface area contributed by atoms with Crippen molar-refractivity contribution in [3.63, 3.8) is 0 Å². The third-order valence-corrected chi connectivity index (χ3v) is 2.85. The Morgan fingerprint density at radius 2 is 2.50 bits per heavy atom. The number of aromatic nitrogens is 1. The van der Waals surface area contributed by atoms with Crippen LogP contribution in [0.3, 0.4) is 0 Å². The molecule has 3 heteroatoms. The van der Waals surface area contributed by atoms with Gasteiger partial charge < -0.3 is 5.32 Å². The van der Waals surface area contributed by atoms with E-state index in [0.29, 0.717) is 6.04 Å². The largest absolute Gasteiger partial charge is 0.309 e. The lowest BCUT2D eigenvalue weighted by Crippen LogP contribution is -2.14. The molecule has 0 bridgehead atoms. The summed E-state index contributed by atoms with van der Waals surface area (Å²) in [4.78, 5) is 4.35. The lowest BCUT2D eigenvalue weighted by Gasteiger charge is -2.10. The average Bonchev–Trinajstić information content (AvgIpc) is 2.57. The predicted molar refractivity (Wildman–Crippen MR) is 51.9 cm³/mol. The SMILES string of the molecule is Brc1cccnc1[C@H]1CCCN1. The van der Waals surface area contributed by atoms with Crippen LogP contribution >= 0.6 is 15.9 Å². The molecule has 0 amide bonds. The fraction of sp³-hybridized carbons (Fsp3) is 0.444. The highest BCUT2D eigenvalue weighted by Crippen LogP contribution is 2.26. The fourth-order valence-corrected chi connectivity index (χ4v) is 2.10. The Labute approximate surface area is 80.5 Å². The van der Waals surface area contributed by atoms with Crippen LogP contribution in [-0.4, -0.2) is 11.5 Å². The number of nitrogens with zero attached hydrogens (tertiary/aromatic N) is 1. The van der Waals surface area contributed by atoms with Crippen LogP contribution in [0.4, 0.5) is 0 Å². The third-order valence-electron chi connectivity index (χ3n) is 2.18. The number of hydrogen-bond acceptors (Lipinski definition) is 2. The molecule has 2 nitrogen and oxygen atoms in total. The maximum atomic E-state index is 4.35. The summed E-state index contributed by atoms with van der Waals surface area (Å²) in [6.07, 6.45) is 4.31. The molecule has 1 aromatic heterocycles. The molecule has 1 saturated heterocycles. The van der Waals surface area contributed by atoms with Gasteiger partial charge in [-0.25, -0.2) is 0 Å². The average molecular weight is 227 g/mol. The van der Waals surface area contributed by atoms with Gasteiger partial charge in [-0.1, -0.05) is 0 Å². The lowest BCUT2D eigenvalue weighted by molar-refractivity contribution is 0.624. The summed E-state index contributed by atoms with van der Waals surface area (Å²) in [5.41, 5.74) is 1.15. The van der Waals surface area contributed by atoms with Crippen LogP contribution in [0.25, 0.3) is 0 Å². The molecule has 0 spiro atoms. The van der Waals surface area contributed by atoms with Crippen LogP contribution in [0.15, 0.2) is 22.8 Å². The zero-order valence-electron chi connectivity index (χ0n) is 6.76. The Balaban J connectivity index is 2.26. The summed E-state index contributed by atoms with van der Waals surface area (Å²) in [6, 6.07) is 4.45. The Bertz CT molecular complexity index is 269. The quantitative estimate of drug-likeness (QED) is 0.795. The van der Waals surface area contributed by atoms with Crippen molar-refractivity contribution in [1.82, 2.24) is 10.3 Å². The predicted octanol–water partition coefficient (Wildman–Crippen LogP) is 2.27. The van der Waals surface area contributed by atoms with Crippen molar-refractivity contribution < 1.29 is 0 Å². The smallest absolute Gasteiger partial charge is 0.0714 e. The molecule has 0 saturated carbocycles. The molecule has 1 N–H and O–H groups in total. The minimum Gasteiger partial charge on any atom is -0.309 e. The van der Waals surface area contributed by atoms with Crippen LogP contribution in [0.2, 0.25) is 0 Å². The molecular formula is C9H11BrN2. The fourth-order valence-electron chi connectivity index (χ4n) is 1.57. The highest BCUT2D eigenvalue weighted by Gasteiger charge is 2.18. The Morgan fingerprint density at radius 3 is 3.17 bits per heavy atom. The Kier molecular flexibility index (Phi) is 2.42. The molecule has 0 unspecified atom stereocenters. The van der Waals surface area contributed by atoms with Gasteiger partial charge in [-0.3, -0.25) is 4.98 Å². The molecule has 1 atom stereocenters. The van der Waals surface area contributed by atoms with E-state index in [-0.39, 0.29) is 0 Å². The van der Waals surface area contributed by atoms with Crippen molar-refractivity contribution in [3.05, 3.63) is 28.5 Å². The molecule has 1 aliphatic heterocycles. The van der Waals surface area contributed by atoms with E-state index in [9.17, 15) is 0 Å². The van der Waals surface area contributed by atoms with E-state index in [1.54, 1.807) is 0 Å². The molecule has 12 heavy (non-hydrogen) atoms. The highest BCUT2D eigenvalue weighted by molar-refractivity contribution is 9.10. The summed E-state index contributed by atoms with van der Waals surface area (Å²) in [6.45, 7) is 1.12. The first-order chi connectivity index (χ1) is 5.88. The van der Waals surface area contributed by atoms with E-state index in [0.717, 1.165) is 16.7 Å². The van der Waals surface area contributed by atoms with Crippen LogP contribution < -0.4 is 5.32 Å². The molecule has 0 radical (unpaired) electrons. The van der Waals surface area contributed by atoms with Gasteiger partial charge in [0.25, 0.3) is 0 Å². The van der Waals surface area contributed by atoms with Crippen molar-refractivity contribution in [2.45, 2.75) is 18.9 Å². The van der Waals surface area contributed by atoms with Crippen LogP contribution in [-0.2, 0) is 0 Å². The van der Waals surface area contributed by atoms with Gasteiger partial charge in [0.15, 0.2) is 0 Å². The molecule has 2 rings (SSSR count). The second-order valence-electron chi connectivity index (χ2n) is 3.02. The molecule has 0 aromatic carbocycles. The van der Waals surface area contributed by atoms with E-state index >= 15 is 0 Å². The van der Waals surface area contributed by atoms with Crippen molar-refractivity contribution in [1.29, 1.82) is 0 Å². The first kappa shape index (κ1) is 8.20. The number of halogens is 1. The van der Waals surface area contributed by atoms with Gasteiger partial charge >= 0.3 is 0 Å². The van der Waals surface area contributed by atoms with E-state index in [2.05, 4.69) is 26.2 Å². The molecule has 2 heterocycles. The summed E-state index contributed by atoms with van der Waals surface area (Å²) in [5, 5.41) is 3.42. The lowest BCUT2D eigenvalue weighted by atomic mass is 10.1. The summed E-state index contributed by atoms with van der Waals surface area (Å²) < 4.78 is 1.12. The third kappa shape index (κ3) is 1.52. The molecule has 1 fully saturated rings. The molecule has 1 aromatic rings. The Hall–Kier alpha value is -0.410. The second kappa shape index (κ2) is 3.54. The van der Waals surface area contributed by atoms with Gasteiger partial charge in [-0.15, -0.1) is 0 Å². The van der Waals surface area contributed by atoms with Crippen LogP contribution in [0, 0.1) is 0 Å². The van der Waals surface area contributed by atoms with E-state index in [1.165, 1.54) is 12.8 Å². The normalized spacial score (nSPS) is 22.9. The van der Waals surface area contributed by atoms with Crippen molar-refractivity contribution in [3.8, 4) is 0 Å². The van der Waals surface area contributed by atoms with Gasteiger partial charge in [-0.2, -0.15) is 0 Å². The maximum Gasteiger partial charge on any atom is 0.0714 e. The molecular weight excluding hydrogens is 216 g/mol. The Morgan fingerprint density at radius 1 is 1.58 bits per heavy atom. The van der Waals surface area contributed by atoms with Crippen LogP contribution in [0.1, 0.15) is 24.6 Å². The monoisotopic (exact) mass is 226 g/mol. The van der Waals surface area contributed by atoms with E-state index in [4.69, 9.17) is 0 Å². The minimum atomic E-state index is 0.459. The minimum absolute atomic E-state index is 0.459. The zero-order valence-corrected chi connectivity index (χ0v) is 8.34. The number of hydrogen-bond donors (Lipinski definition) is 1. The van der Waals surface area contributed by atoms with E-state index in [1.807, 2.05) is 18.3 Å². The van der Waals surface area contributed by atoms with Gasteiger partial charge in [0.1, 0.15) is 0 Å². The van der Waals surface area contributed by atoms with Crippen molar-refractivity contribution in [2.75, 3.05) is 6.54 Å². The maximum absolute atomic E-state index is 4.35. The number of pyridine rings is 1. The van der Waals surface area contributed by atoms with E-state index < -0.39 is 0 Å². The zero-order chi connectivity index (χ0) is 8.39. The van der Waals surface area contributed by atoms with Crippen molar-refractivity contribution >= 4 is 15.9 Å². The van der Waals surface area contributed by atoms with Gasteiger partial charge in [0.05, 0.1) is 11.7 Å². The summed E-state index contributed by atoms with van der Waals surface area (Å²) >= 11 is 3.50. The first-order valence-electron chi connectivity index (χ1n) is 4.22. The second-order valence-corrected chi connectivity index (χ2v) is 3.87. The molecule has 1 aliphatic rings. The summed E-state index contributed by atoms with van der Waals surface area (Å²) in [7, 11) is 0. The number of nitrogens with one attached hydrogen (secondary N) is 1. The van der Waals surface area contributed by atoms with Gasteiger partial charge in [-0.05, 0) is 47.4 Å². The molecule has 0 aliphatic carbocycles. The first-order valence-corrected chi connectivity index (χ1v) is 5.01. The van der Waals surface area contributed by atoms with Crippen molar-refractivity contribution in [2.24, 2.45) is 0 Å². The standard InChI is InChI=1S/C9H11BrN2/c10-7-3-1-6-12-9(7)8-4-2-5-11-8/h1,3,6,8,11H,2,4-5H2/t8-/m1/s1. The topological polar surface area (TPSA) is 24.9 Å². The summed E-state index contributed by atoms with van der Waals surface area (Å²) in [5.74, 6) is 0. The molecule has 64 valence electrons. The number of rotatable bonds is 1. The highest BCUT2D eigenvalue weighted by atomic mass is 79.9. The van der Waals surface area contributed by atoms with Crippen LogP contribution in [0.5, 0.6) is 0 Å². The van der Waals surface area contributed by atoms with Gasteiger partial charge in [0, 0.05) is 10.7 Å².